The Labute approximate surface area is 79.2 Å². The number of rotatable bonds is 2. The second-order valence-corrected chi connectivity index (χ2v) is 2.55. The third-order valence-corrected chi connectivity index (χ3v) is 1.54. The maximum absolute atomic E-state index is 12.3. The largest absolute Gasteiger partial charge is 0.207 e. The van der Waals surface area contributed by atoms with Gasteiger partial charge in [-0.05, 0) is 29.9 Å². The van der Waals surface area contributed by atoms with Crippen molar-refractivity contribution in [1.29, 1.82) is 0 Å². The Morgan fingerprint density at radius 2 is 1.67 bits per heavy atom. The fraction of sp³-hybridized carbons (Fsp3) is 0.400. The molecule has 68 valence electrons. The van der Waals surface area contributed by atoms with Crippen LogP contribution in [0.2, 0.25) is 0 Å². The van der Waals surface area contributed by atoms with Crippen molar-refractivity contribution in [2.45, 2.75) is 20.3 Å². The van der Waals surface area contributed by atoms with Crippen molar-refractivity contribution in [3.63, 3.8) is 0 Å². The van der Waals surface area contributed by atoms with E-state index in [1.54, 1.807) is 12.1 Å². The first-order valence-electron chi connectivity index (χ1n) is 4.18. The molecule has 0 bridgehead atoms. The SMILES string of the molecule is CC.Fc1ccc(CCS)cc1. The fourth-order valence-corrected chi connectivity index (χ4v) is 1.04. The van der Waals surface area contributed by atoms with Crippen LogP contribution in [0.4, 0.5) is 4.39 Å². The Balaban J connectivity index is 0.000000561. The second-order valence-electron chi connectivity index (χ2n) is 2.10. The Bertz CT molecular complexity index is 193. The lowest BCUT2D eigenvalue weighted by molar-refractivity contribution is 0.627. The zero-order valence-electron chi connectivity index (χ0n) is 7.55. The Hall–Kier alpha value is -0.500. The molecule has 1 aromatic rings. The van der Waals surface area contributed by atoms with E-state index in [-0.39, 0.29) is 5.82 Å². The van der Waals surface area contributed by atoms with Crippen molar-refractivity contribution in [2.24, 2.45) is 0 Å². The van der Waals surface area contributed by atoms with Crippen LogP contribution in [0.25, 0.3) is 0 Å². The minimum atomic E-state index is -0.178. The summed E-state index contributed by atoms with van der Waals surface area (Å²) in [5, 5.41) is 0. The lowest BCUT2D eigenvalue weighted by Crippen LogP contribution is -1.85. The van der Waals surface area contributed by atoms with Crippen molar-refractivity contribution < 1.29 is 4.39 Å². The molecule has 0 nitrogen and oxygen atoms in total. The molecule has 0 aliphatic rings. The highest BCUT2D eigenvalue weighted by Crippen LogP contribution is 2.03. The number of halogens is 1. The molecule has 0 amide bonds. The van der Waals surface area contributed by atoms with Crippen molar-refractivity contribution >= 4 is 12.6 Å². The first-order chi connectivity index (χ1) is 5.83. The molecule has 1 rings (SSSR count). The van der Waals surface area contributed by atoms with E-state index >= 15 is 0 Å². The summed E-state index contributed by atoms with van der Waals surface area (Å²) in [5.74, 6) is 0.633. The Morgan fingerprint density at radius 1 is 1.17 bits per heavy atom. The average Bonchev–Trinajstić information content (AvgIpc) is 2.13. The number of aryl methyl sites for hydroxylation is 1. The number of benzene rings is 1. The summed E-state index contributed by atoms with van der Waals surface area (Å²) < 4.78 is 12.3. The smallest absolute Gasteiger partial charge is 0.123 e. The summed E-state index contributed by atoms with van der Waals surface area (Å²) >= 11 is 4.06. The highest BCUT2D eigenvalue weighted by molar-refractivity contribution is 7.80. The molecule has 0 saturated carbocycles. The summed E-state index contributed by atoms with van der Waals surface area (Å²) in [7, 11) is 0. The van der Waals surface area contributed by atoms with Gasteiger partial charge in [0.25, 0.3) is 0 Å². The summed E-state index contributed by atoms with van der Waals surface area (Å²) in [6.07, 6.45) is 0.906. The quantitative estimate of drug-likeness (QED) is 0.673. The van der Waals surface area contributed by atoms with E-state index in [2.05, 4.69) is 12.6 Å². The molecule has 0 heterocycles. The standard InChI is InChI=1S/C8H9FS.C2H6/c9-8-3-1-7(2-4-8)5-6-10;1-2/h1-4,10H,5-6H2;1-2H3. The van der Waals surface area contributed by atoms with Crippen molar-refractivity contribution in [3.05, 3.63) is 35.6 Å². The van der Waals surface area contributed by atoms with Gasteiger partial charge in [-0.1, -0.05) is 26.0 Å². The van der Waals surface area contributed by atoms with Gasteiger partial charge in [0.1, 0.15) is 5.82 Å². The lowest BCUT2D eigenvalue weighted by atomic mass is 10.2. The summed E-state index contributed by atoms with van der Waals surface area (Å²) in [4.78, 5) is 0. The molecular weight excluding hydrogens is 171 g/mol. The molecule has 0 aromatic heterocycles. The van der Waals surface area contributed by atoms with Crippen molar-refractivity contribution in [3.8, 4) is 0 Å². The number of thiol groups is 1. The van der Waals surface area contributed by atoms with Gasteiger partial charge in [0.15, 0.2) is 0 Å². The number of hydrogen-bond donors (Lipinski definition) is 1. The first-order valence-corrected chi connectivity index (χ1v) is 4.81. The van der Waals surface area contributed by atoms with Crippen molar-refractivity contribution in [1.82, 2.24) is 0 Å². The Morgan fingerprint density at radius 3 is 2.08 bits per heavy atom. The van der Waals surface area contributed by atoms with Gasteiger partial charge in [0.05, 0.1) is 0 Å². The normalized spacial score (nSPS) is 8.67. The third kappa shape index (κ3) is 4.39. The zero-order chi connectivity index (χ0) is 9.40. The minimum Gasteiger partial charge on any atom is -0.207 e. The van der Waals surface area contributed by atoms with E-state index < -0.39 is 0 Å². The van der Waals surface area contributed by atoms with Gasteiger partial charge in [-0.2, -0.15) is 12.6 Å². The maximum Gasteiger partial charge on any atom is 0.123 e. The van der Waals surface area contributed by atoms with Crippen LogP contribution in [0.3, 0.4) is 0 Å². The van der Waals surface area contributed by atoms with E-state index in [9.17, 15) is 4.39 Å². The van der Waals surface area contributed by atoms with E-state index in [0.29, 0.717) is 0 Å². The highest BCUT2D eigenvalue weighted by atomic mass is 32.1. The van der Waals surface area contributed by atoms with Crippen LogP contribution in [0.5, 0.6) is 0 Å². The van der Waals surface area contributed by atoms with Gasteiger partial charge < -0.3 is 0 Å². The molecule has 0 unspecified atom stereocenters. The van der Waals surface area contributed by atoms with Crippen LogP contribution in [0.1, 0.15) is 19.4 Å². The van der Waals surface area contributed by atoms with E-state index in [0.717, 1.165) is 17.7 Å². The molecule has 0 aliphatic heterocycles. The van der Waals surface area contributed by atoms with Gasteiger partial charge in [-0.25, -0.2) is 4.39 Å². The molecule has 0 aliphatic carbocycles. The highest BCUT2D eigenvalue weighted by Gasteiger charge is 1.90. The molecule has 0 fully saturated rings. The van der Waals surface area contributed by atoms with Gasteiger partial charge >= 0.3 is 0 Å². The molecule has 1 aromatic carbocycles. The monoisotopic (exact) mass is 186 g/mol. The average molecular weight is 186 g/mol. The van der Waals surface area contributed by atoms with Crippen LogP contribution in [-0.2, 0) is 6.42 Å². The van der Waals surface area contributed by atoms with E-state index in [1.807, 2.05) is 13.8 Å². The van der Waals surface area contributed by atoms with Gasteiger partial charge in [0, 0.05) is 0 Å². The zero-order valence-corrected chi connectivity index (χ0v) is 8.44. The molecule has 0 N–H and O–H groups in total. The van der Waals surface area contributed by atoms with Crippen molar-refractivity contribution in [2.75, 3.05) is 5.75 Å². The summed E-state index contributed by atoms with van der Waals surface area (Å²) in [5.41, 5.74) is 1.14. The molecule has 0 spiro atoms. The van der Waals surface area contributed by atoms with E-state index in [1.165, 1.54) is 12.1 Å². The molecule has 2 heteroatoms. The third-order valence-electron chi connectivity index (χ3n) is 1.31. The molecule has 0 saturated heterocycles. The summed E-state index contributed by atoms with van der Waals surface area (Å²) in [6, 6.07) is 6.51. The van der Waals surface area contributed by atoms with E-state index in [4.69, 9.17) is 0 Å². The predicted molar refractivity (Wildman–Crippen MR) is 55.3 cm³/mol. The minimum absolute atomic E-state index is 0.178. The molecule has 0 radical (unpaired) electrons. The predicted octanol–water partition coefficient (Wildman–Crippen LogP) is 3.32. The Kier molecular flexibility index (Phi) is 6.87. The van der Waals surface area contributed by atoms with Crippen LogP contribution in [-0.4, -0.2) is 5.75 Å². The molecular formula is C10H15FS. The van der Waals surface area contributed by atoms with Crippen LogP contribution in [0, 0.1) is 5.82 Å². The lowest BCUT2D eigenvalue weighted by Gasteiger charge is -1.95. The molecule has 0 atom stereocenters. The van der Waals surface area contributed by atoms with Gasteiger partial charge in [-0.15, -0.1) is 0 Å². The second kappa shape index (κ2) is 7.17. The fourth-order valence-electron chi connectivity index (χ4n) is 0.780. The first kappa shape index (κ1) is 11.5. The van der Waals surface area contributed by atoms with Crippen LogP contribution >= 0.6 is 12.6 Å². The van der Waals surface area contributed by atoms with Gasteiger partial charge in [0.2, 0.25) is 0 Å². The maximum atomic E-state index is 12.3. The van der Waals surface area contributed by atoms with Crippen LogP contribution < -0.4 is 0 Å². The summed E-state index contributed by atoms with van der Waals surface area (Å²) in [6.45, 7) is 4.00. The molecule has 12 heavy (non-hydrogen) atoms. The number of hydrogen-bond acceptors (Lipinski definition) is 1. The van der Waals surface area contributed by atoms with Crippen LogP contribution in [0.15, 0.2) is 24.3 Å². The topological polar surface area (TPSA) is 0 Å². The van der Waals surface area contributed by atoms with Gasteiger partial charge in [-0.3, -0.25) is 0 Å².